The number of thiophene rings is 1. The van der Waals surface area contributed by atoms with Gasteiger partial charge in [0.2, 0.25) is 0 Å². The molecule has 0 saturated heterocycles. The van der Waals surface area contributed by atoms with Crippen molar-refractivity contribution in [3.63, 3.8) is 0 Å². The number of amides is 2. The van der Waals surface area contributed by atoms with Crippen LogP contribution >= 0.6 is 11.3 Å². The van der Waals surface area contributed by atoms with Gasteiger partial charge in [0, 0.05) is 17.9 Å². The van der Waals surface area contributed by atoms with Crippen LogP contribution in [0.3, 0.4) is 0 Å². The van der Waals surface area contributed by atoms with Gasteiger partial charge >= 0.3 is 12.0 Å². The summed E-state index contributed by atoms with van der Waals surface area (Å²) in [6, 6.07) is 2.12. The zero-order chi connectivity index (χ0) is 15.0. The number of carboxylic acids is 1. The van der Waals surface area contributed by atoms with Crippen LogP contribution in [0.4, 0.5) is 4.79 Å². The highest BCUT2D eigenvalue weighted by molar-refractivity contribution is 7.10. The number of hydrogen-bond acceptors (Lipinski definition) is 4. The number of nitrogens with one attached hydrogen (secondary N) is 2. The summed E-state index contributed by atoms with van der Waals surface area (Å²) >= 11 is 1.55. The van der Waals surface area contributed by atoms with E-state index in [0.717, 1.165) is 17.7 Å². The molecule has 0 fully saturated rings. The Hall–Kier alpha value is -1.60. The maximum absolute atomic E-state index is 11.9. The molecule has 0 saturated carbocycles. The molecule has 2 amide bonds. The van der Waals surface area contributed by atoms with Crippen LogP contribution in [-0.2, 0) is 4.79 Å². The standard InChI is InChI=1S/C13H20N2O4S/c1-2-4-9(11-5-3-8-20-11)14-13(19)15-10(6-7-16)12(17)18/h3,5,8-10,16H,2,4,6-7H2,1H3,(H,17,18)(H2,14,15,19). The van der Waals surface area contributed by atoms with E-state index >= 15 is 0 Å². The van der Waals surface area contributed by atoms with Crippen molar-refractivity contribution < 1.29 is 19.8 Å². The molecule has 0 aliphatic rings. The van der Waals surface area contributed by atoms with Gasteiger partial charge in [-0.1, -0.05) is 19.4 Å². The predicted octanol–water partition coefficient (Wildman–Crippen LogP) is 1.72. The molecule has 1 heterocycles. The Morgan fingerprint density at radius 2 is 2.10 bits per heavy atom. The maximum atomic E-state index is 11.9. The van der Waals surface area contributed by atoms with Crippen LogP contribution in [-0.4, -0.2) is 34.9 Å². The van der Waals surface area contributed by atoms with Crippen molar-refractivity contribution in [1.29, 1.82) is 0 Å². The van der Waals surface area contributed by atoms with Crippen molar-refractivity contribution in [1.82, 2.24) is 10.6 Å². The summed E-state index contributed by atoms with van der Waals surface area (Å²) in [5, 5.41) is 24.8. The highest BCUT2D eigenvalue weighted by Crippen LogP contribution is 2.22. The summed E-state index contributed by atoms with van der Waals surface area (Å²) in [6.07, 6.45) is 1.67. The lowest BCUT2D eigenvalue weighted by Gasteiger charge is -2.19. The van der Waals surface area contributed by atoms with Gasteiger partial charge < -0.3 is 20.8 Å². The normalized spacial score (nSPS) is 13.5. The predicted molar refractivity (Wildman–Crippen MR) is 76.8 cm³/mol. The summed E-state index contributed by atoms with van der Waals surface area (Å²) in [5.41, 5.74) is 0. The van der Waals surface area contributed by atoms with Gasteiger partial charge in [0.15, 0.2) is 0 Å². The van der Waals surface area contributed by atoms with E-state index in [0.29, 0.717) is 0 Å². The lowest BCUT2D eigenvalue weighted by Crippen LogP contribution is -2.47. The van der Waals surface area contributed by atoms with E-state index in [9.17, 15) is 9.59 Å². The molecule has 0 aromatic carbocycles. The van der Waals surface area contributed by atoms with Gasteiger partial charge in [-0.15, -0.1) is 11.3 Å². The summed E-state index contributed by atoms with van der Waals surface area (Å²) in [6.45, 7) is 1.73. The first-order valence-corrected chi connectivity index (χ1v) is 7.40. The number of carbonyl (C=O) groups is 2. The van der Waals surface area contributed by atoms with E-state index in [1.54, 1.807) is 11.3 Å². The molecule has 1 aromatic heterocycles. The Bertz CT molecular complexity index is 422. The number of aliphatic hydroxyl groups excluding tert-OH is 1. The van der Waals surface area contributed by atoms with Crippen molar-refractivity contribution in [2.24, 2.45) is 0 Å². The molecular weight excluding hydrogens is 280 g/mol. The van der Waals surface area contributed by atoms with E-state index in [-0.39, 0.29) is 19.1 Å². The third-order valence-electron chi connectivity index (χ3n) is 2.79. The zero-order valence-electron chi connectivity index (χ0n) is 11.3. The smallest absolute Gasteiger partial charge is 0.326 e. The Labute approximate surface area is 121 Å². The van der Waals surface area contributed by atoms with Crippen molar-refractivity contribution in [2.75, 3.05) is 6.61 Å². The Morgan fingerprint density at radius 1 is 1.35 bits per heavy atom. The molecule has 0 radical (unpaired) electrons. The molecule has 0 spiro atoms. The molecule has 2 atom stereocenters. The lowest BCUT2D eigenvalue weighted by molar-refractivity contribution is -0.139. The number of carbonyl (C=O) groups excluding carboxylic acids is 1. The Morgan fingerprint density at radius 3 is 2.60 bits per heavy atom. The number of hydrogen-bond donors (Lipinski definition) is 4. The van der Waals surface area contributed by atoms with Crippen LogP contribution in [0.15, 0.2) is 17.5 Å². The van der Waals surface area contributed by atoms with Crippen LogP contribution in [0, 0.1) is 0 Å². The molecule has 1 aromatic rings. The third kappa shape index (κ3) is 5.18. The summed E-state index contributed by atoms with van der Waals surface area (Å²) < 4.78 is 0. The fraction of sp³-hybridized carbons (Fsp3) is 0.538. The fourth-order valence-corrected chi connectivity index (χ4v) is 2.62. The van der Waals surface area contributed by atoms with Gasteiger partial charge in [0.25, 0.3) is 0 Å². The van der Waals surface area contributed by atoms with Crippen molar-refractivity contribution in [2.45, 2.75) is 38.3 Å². The van der Waals surface area contributed by atoms with Gasteiger partial charge in [0.05, 0.1) is 6.04 Å². The molecule has 0 aliphatic carbocycles. The second kappa shape index (κ2) is 8.55. The van der Waals surface area contributed by atoms with Crippen LogP contribution in [0.2, 0.25) is 0 Å². The molecule has 6 nitrogen and oxygen atoms in total. The minimum absolute atomic E-state index is 0.0137. The lowest BCUT2D eigenvalue weighted by atomic mass is 10.1. The highest BCUT2D eigenvalue weighted by atomic mass is 32.1. The molecule has 2 unspecified atom stereocenters. The van der Waals surface area contributed by atoms with Gasteiger partial charge in [0.1, 0.15) is 6.04 Å². The monoisotopic (exact) mass is 300 g/mol. The number of urea groups is 1. The number of aliphatic hydroxyl groups is 1. The second-order valence-corrected chi connectivity index (χ2v) is 5.36. The average molecular weight is 300 g/mol. The minimum atomic E-state index is -1.16. The SMILES string of the molecule is CCCC(NC(=O)NC(CCO)C(=O)O)c1cccs1. The van der Waals surface area contributed by atoms with E-state index in [1.807, 2.05) is 24.4 Å². The number of aliphatic carboxylic acids is 1. The Balaban J connectivity index is 2.59. The van der Waals surface area contributed by atoms with Gasteiger partial charge in [-0.2, -0.15) is 0 Å². The number of rotatable bonds is 8. The van der Waals surface area contributed by atoms with Crippen LogP contribution in [0.25, 0.3) is 0 Å². The highest BCUT2D eigenvalue weighted by Gasteiger charge is 2.21. The topological polar surface area (TPSA) is 98.7 Å². The summed E-state index contributed by atoms with van der Waals surface area (Å²) in [5.74, 6) is -1.16. The first kappa shape index (κ1) is 16.5. The van der Waals surface area contributed by atoms with Crippen molar-refractivity contribution in [3.8, 4) is 0 Å². The number of carboxylic acid groups (broad SMARTS) is 1. The molecule has 7 heteroatoms. The van der Waals surface area contributed by atoms with E-state index in [2.05, 4.69) is 10.6 Å². The fourth-order valence-electron chi connectivity index (χ4n) is 1.81. The summed E-state index contributed by atoms with van der Waals surface area (Å²) in [4.78, 5) is 23.8. The van der Waals surface area contributed by atoms with Crippen LogP contribution in [0.1, 0.15) is 37.1 Å². The van der Waals surface area contributed by atoms with Crippen molar-refractivity contribution >= 4 is 23.3 Å². The van der Waals surface area contributed by atoms with E-state index in [4.69, 9.17) is 10.2 Å². The maximum Gasteiger partial charge on any atom is 0.326 e. The molecule has 0 aliphatic heterocycles. The molecule has 4 N–H and O–H groups in total. The first-order valence-electron chi connectivity index (χ1n) is 6.52. The zero-order valence-corrected chi connectivity index (χ0v) is 12.2. The van der Waals surface area contributed by atoms with Crippen molar-refractivity contribution in [3.05, 3.63) is 22.4 Å². The average Bonchev–Trinajstić information content (AvgIpc) is 2.91. The minimum Gasteiger partial charge on any atom is -0.480 e. The second-order valence-electron chi connectivity index (χ2n) is 4.38. The van der Waals surface area contributed by atoms with Crippen LogP contribution < -0.4 is 10.6 Å². The third-order valence-corrected chi connectivity index (χ3v) is 3.78. The molecule has 0 bridgehead atoms. The largest absolute Gasteiger partial charge is 0.480 e. The van der Waals surface area contributed by atoms with Crippen LogP contribution in [0.5, 0.6) is 0 Å². The summed E-state index contributed by atoms with van der Waals surface area (Å²) in [7, 11) is 0. The molecule has 20 heavy (non-hydrogen) atoms. The van der Waals surface area contributed by atoms with Gasteiger partial charge in [-0.25, -0.2) is 9.59 Å². The molecular formula is C13H20N2O4S. The molecule has 1 rings (SSSR count). The van der Waals surface area contributed by atoms with Gasteiger partial charge in [-0.05, 0) is 17.9 Å². The van der Waals surface area contributed by atoms with E-state index < -0.39 is 18.0 Å². The van der Waals surface area contributed by atoms with Gasteiger partial charge in [-0.3, -0.25) is 0 Å². The van der Waals surface area contributed by atoms with E-state index in [1.165, 1.54) is 0 Å². The molecule has 112 valence electrons. The quantitative estimate of drug-likeness (QED) is 0.587. The Kier molecular flexibility index (Phi) is 7.03. The first-order chi connectivity index (χ1) is 9.58.